The molecule has 0 aliphatic carbocycles. The van der Waals surface area contributed by atoms with Crippen LogP contribution < -0.4 is 9.62 Å². The molecule has 3 aromatic carbocycles. The Kier molecular flexibility index (Phi) is 10.4. The fourth-order valence-corrected chi connectivity index (χ4v) is 5.50. The molecule has 3 aromatic rings. The van der Waals surface area contributed by atoms with Gasteiger partial charge in [0.05, 0.1) is 11.9 Å². The number of rotatable bonds is 11. The fourth-order valence-electron chi connectivity index (χ4n) is 4.65. The maximum absolute atomic E-state index is 14.2. The molecule has 220 valence electrons. The lowest BCUT2D eigenvalue weighted by molar-refractivity contribution is -0.140. The van der Waals surface area contributed by atoms with Gasteiger partial charge in [-0.15, -0.1) is 0 Å². The third-order valence-corrected chi connectivity index (χ3v) is 8.15. The number of carbonyl (C=O) groups is 2. The van der Waals surface area contributed by atoms with Crippen LogP contribution in [0.5, 0.6) is 0 Å². The summed E-state index contributed by atoms with van der Waals surface area (Å²) in [7, 11) is -3.81. The first-order chi connectivity index (χ1) is 19.2. The summed E-state index contributed by atoms with van der Waals surface area (Å²) in [6.07, 6.45) is 1.38. The Morgan fingerprint density at radius 3 is 2.00 bits per heavy atom. The minimum Gasteiger partial charge on any atom is -0.352 e. The topological polar surface area (TPSA) is 86.8 Å². The van der Waals surface area contributed by atoms with Gasteiger partial charge >= 0.3 is 0 Å². The van der Waals surface area contributed by atoms with Crippen molar-refractivity contribution in [3.8, 4) is 0 Å². The molecule has 0 aliphatic rings. The average Bonchev–Trinajstić information content (AvgIpc) is 2.89. The number of hydrogen-bond acceptors (Lipinski definition) is 4. The van der Waals surface area contributed by atoms with Crippen LogP contribution in [0, 0.1) is 6.92 Å². The zero-order valence-electron chi connectivity index (χ0n) is 25.2. The van der Waals surface area contributed by atoms with E-state index in [0.29, 0.717) is 5.69 Å². The minimum absolute atomic E-state index is 0.108. The van der Waals surface area contributed by atoms with Crippen LogP contribution in [0.3, 0.4) is 0 Å². The fraction of sp³-hybridized carbons (Fsp3) is 0.394. The Morgan fingerprint density at radius 2 is 1.46 bits per heavy atom. The second-order valence-corrected chi connectivity index (χ2v) is 13.8. The van der Waals surface area contributed by atoms with Crippen molar-refractivity contribution in [2.45, 2.75) is 72.0 Å². The summed E-state index contributed by atoms with van der Waals surface area (Å²) < 4.78 is 27.1. The molecule has 3 rings (SSSR count). The molecule has 0 unspecified atom stereocenters. The highest BCUT2D eigenvalue weighted by molar-refractivity contribution is 7.92. The van der Waals surface area contributed by atoms with Gasteiger partial charge in [-0.1, -0.05) is 87.5 Å². The number of amides is 2. The third kappa shape index (κ3) is 8.92. The Morgan fingerprint density at radius 1 is 0.878 bits per heavy atom. The first kappa shape index (κ1) is 31.9. The number of benzene rings is 3. The summed E-state index contributed by atoms with van der Waals surface area (Å²) in [6, 6.07) is 23.5. The van der Waals surface area contributed by atoms with E-state index in [1.807, 2.05) is 87.5 Å². The number of carbonyl (C=O) groups excluding carboxylic acids is 2. The van der Waals surface area contributed by atoms with E-state index >= 15 is 0 Å². The van der Waals surface area contributed by atoms with Gasteiger partial charge in [0.2, 0.25) is 21.8 Å². The molecule has 41 heavy (non-hydrogen) atoms. The van der Waals surface area contributed by atoms with Gasteiger partial charge in [0.15, 0.2) is 0 Å². The molecule has 0 spiro atoms. The van der Waals surface area contributed by atoms with E-state index in [9.17, 15) is 18.0 Å². The molecule has 0 saturated carbocycles. The SMILES string of the molecule is Cc1ccccc1CN(C(=O)CN(c1ccc(C(C)(C)C)cc1)S(C)(=O)=O)[C@H](Cc1ccccc1)C(=O)NC(C)C. The van der Waals surface area contributed by atoms with E-state index in [1.165, 1.54) is 4.90 Å². The monoisotopic (exact) mass is 577 g/mol. The summed E-state index contributed by atoms with van der Waals surface area (Å²) in [5.41, 5.74) is 4.11. The van der Waals surface area contributed by atoms with Gasteiger partial charge in [-0.3, -0.25) is 13.9 Å². The molecule has 0 heterocycles. The largest absolute Gasteiger partial charge is 0.352 e. The number of hydrogen-bond donors (Lipinski definition) is 1. The molecular formula is C33H43N3O4S. The van der Waals surface area contributed by atoms with E-state index in [4.69, 9.17) is 0 Å². The molecular weight excluding hydrogens is 534 g/mol. The van der Waals surface area contributed by atoms with Crippen LogP contribution in [0.4, 0.5) is 5.69 Å². The van der Waals surface area contributed by atoms with Gasteiger partial charge in [0.25, 0.3) is 0 Å². The molecule has 0 saturated heterocycles. The lowest BCUT2D eigenvalue weighted by atomic mass is 9.87. The third-order valence-electron chi connectivity index (χ3n) is 7.00. The second kappa shape index (κ2) is 13.3. The summed E-state index contributed by atoms with van der Waals surface area (Å²) in [5.74, 6) is -0.746. The van der Waals surface area contributed by atoms with Crippen molar-refractivity contribution in [2.75, 3.05) is 17.1 Å². The van der Waals surface area contributed by atoms with Crippen molar-refractivity contribution in [1.29, 1.82) is 0 Å². The van der Waals surface area contributed by atoms with Crippen molar-refractivity contribution in [3.05, 3.63) is 101 Å². The number of anilines is 1. The Balaban J connectivity index is 2.06. The highest BCUT2D eigenvalue weighted by Crippen LogP contribution is 2.26. The van der Waals surface area contributed by atoms with Gasteiger partial charge in [0, 0.05) is 19.0 Å². The molecule has 0 bridgehead atoms. The number of aryl methyl sites for hydroxylation is 1. The molecule has 0 radical (unpaired) electrons. The van der Waals surface area contributed by atoms with Crippen LogP contribution >= 0.6 is 0 Å². The zero-order chi connectivity index (χ0) is 30.4. The van der Waals surface area contributed by atoms with Crippen molar-refractivity contribution in [3.63, 3.8) is 0 Å². The van der Waals surface area contributed by atoms with Gasteiger partial charge in [-0.2, -0.15) is 0 Å². The molecule has 8 heteroatoms. The summed E-state index contributed by atoms with van der Waals surface area (Å²) in [6.45, 7) is 11.7. The Bertz CT molecular complexity index is 1430. The van der Waals surface area contributed by atoms with Crippen molar-refractivity contribution in [1.82, 2.24) is 10.2 Å². The van der Waals surface area contributed by atoms with Gasteiger partial charge in [-0.05, 0) is 60.6 Å². The highest BCUT2D eigenvalue weighted by Gasteiger charge is 2.33. The standard InChI is InChI=1S/C33H43N3O4S/c1-24(2)34-32(38)30(21-26-14-9-8-10-15-26)35(22-27-16-12-11-13-25(27)3)31(37)23-36(41(7,39)40)29-19-17-28(18-20-29)33(4,5)6/h8-20,24,30H,21-23H2,1-7H3,(H,34,38)/t30-/m1/s1. The molecule has 2 amide bonds. The molecule has 0 fully saturated rings. The van der Waals surface area contributed by atoms with Gasteiger partial charge in [-0.25, -0.2) is 8.42 Å². The summed E-state index contributed by atoms with van der Waals surface area (Å²) in [4.78, 5) is 29.3. The zero-order valence-corrected chi connectivity index (χ0v) is 26.0. The van der Waals surface area contributed by atoms with E-state index in [1.54, 1.807) is 12.1 Å². The Labute approximate surface area is 245 Å². The Hall–Kier alpha value is -3.65. The number of nitrogens with zero attached hydrogens (tertiary/aromatic N) is 2. The first-order valence-corrected chi connectivity index (χ1v) is 15.8. The molecule has 1 N–H and O–H groups in total. The normalized spacial score (nSPS) is 12.6. The number of sulfonamides is 1. The first-order valence-electron chi connectivity index (χ1n) is 13.9. The molecule has 1 atom stereocenters. The number of nitrogens with one attached hydrogen (secondary N) is 1. The highest BCUT2D eigenvalue weighted by atomic mass is 32.2. The predicted molar refractivity (Wildman–Crippen MR) is 166 cm³/mol. The van der Waals surface area contributed by atoms with E-state index in [0.717, 1.165) is 32.8 Å². The predicted octanol–water partition coefficient (Wildman–Crippen LogP) is 5.22. The maximum Gasteiger partial charge on any atom is 0.244 e. The quantitative estimate of drug-likeness (QED) is 0.338. The van der Waals surface area contributed by atoms with E-state index < -0.39 is 28.5 Å². The van der Waals surface area contributed by atoms with Gasteiger partial charge < -0.3 is 10.2 Å². The summed E-state index contributed by atoms with van der Waals surface area (Å²) >= 11 is 0. The van der Waals surface area contributed by atoms with Crippen molar-refractivity contribution < 1.29 is 18.0 Å². The van der Waals surface area contributed by atoms with Crippen LogP contribution in [0.2, 0.25) is 0 Å². The van der Waals surface area contributed by atoms with Crippen LogP contribution in [0.1, 0.15) is 56.9 Å². The summed E-state index contributed by atoms with van der Waals surface area (Å²) in [5, 5.41) is 2.97. The molecule has 7 nitrogen and oxygen atoms in total. The molecule has 0 aromatic heterocycles. The van der Waals surface area contributed by atoms with Crippen molar-refractivity contribution >= 4 is 27.5 Å². The lowest BCUT2D eigenvalue weighted by Crippen LogP contribution is -2.54. The van der Waals surface area contributed by atoms with Crippen LogP contribution in [0.25, 0.3) is 0 Å². The minimum atomic E-state index is -3.81. The van der Waals surface area contributed by atoms with Crippen LogP contribution in [-0.2, 0) is 38.0 Å². The van der Waals surface area contributed by atoms with E-state index in [-0.39, 0.29) is 30.3 Å². The maximum atomic E-state index is 14.2. The van der Waals surface area contributed by atoms with Crippen LogP contribution in [0.15, 0.2) is 78.9 Å². The van der Waals surface area contributed by atoms with E-state index in [2.05, 4.69) is 26.1 Å². The second-order valence-electron chi connectivity index (χ2n) is 11.9. The van der Waals surface area contributed by atoms with Crippen molar-refractivity contribution in [2.24, 2.45) is 0 Å². The van der Waals surface area contributed by atoms with Gasteiger partial charge in [0.1, 0.15) is 12.6 Å². The van der Waals surface area contributed by atoms with Crippen LogP contribution in [-0.4, -0.2) is 50.0 Å². The smallest absolute Gasteiger partial charge is 0.244 e. The lowest BCUT2D eigenvalue weighted by Gasteiger charge is -2.34. The average molecular weight is 578 g/mol. The molecule has 0 aliphatic heterocycles.